The average molecular weight is 417 g/mol. The minimum absolute atomic E-state index is 0.0848. The maximum absolute atomic E-state index is 12.9. The van der Waals surface area contributed by atoms with Gasteiger partial charge in [-0.05, 0) is 48.4 Å². The van der Waals surface area contributed by atoms with Gasteiger partial charge in [0, 0.05) is 29.0 Å². The van der Waals surface area contributed by atoms with E-state index in [4.69, 9.17) is 11.6 Å². The Morgan fingerprint density at radius 3 is 2.21 bits per heavy atom. The zero-order chi connectivity index (χ0) is 21.4. The Morgan fingerprint density at radius 2 is 1.62 bits per heavy atom. The molecule has 0 aliphatic carbocycles. The van der Waals surface area contributed by atoms with Gasteiger partial charge in [0.2, 0.25) is 5.91 Å². The topological polar surface area (TPSA) is 99.3 Å². The molecule has 154 valence electrons. The fourth-order valence-electron chi connectivity index (χ4n) is 2.62. The second-order valence-corrected chi connectivity index (χ2v) is 7.05. The van der Waals surface area contributed by atoms with Crippen LogP contribution in [0.3, 0.4) is 0 Å². The molecule has 0 bridgehead atoms. The molecule has 0 aliphatic heterocycles. The number of rotatable bonds is 7. The van der Waals surface area contributed by atoms with Crippen LogP contribution < -0.4 is 21.3 Å². The lowest BCUT2D eigenvalue weighted by molar-refractivity contribution is -0.119. The first-order valence-electron chi connectivity index (χ1n) is 9.30. The molecule has 2 unspecified atom stereocenters. The summed E-state index contributed by atoms with van der Waals surface area (Å²) in [5.41, 5.74) is 1.47. The van der Waals surface area contributed by atoms with Gasteiger partial charge in [-0.25, -0.2) is 4.79 Å². The van der Waals surface area contributed by atoms with Crippen molar-refractivity contribution >= 4 is 40.8 Å². The van der Waals surface area contributed by atoms with Crippen molar-refractivity contribution in [1.82, 2.24) is 10.6 Å². The van der Waals surface area contributed by atoms with Crippen LogP contribution in [0.2, 0.25) is 5.02 Å². The van der Waals surface area contributed by atoms with Crippen molar-refractivity contribution in [1.29, 1.82) is 0 Å². The van der Waals surface area contributed by atoms with Gasteiger partial charge in [-0.3, -0.25) is 9.59 Å². The minimum atomic E-state index is -0.723. The molecule has 2 aromatic carbocycles. The van der Waals surface area contributed by atoms with Crippen molar-refractivity contribution in [3.8, 4) is 0 Å². The summed E-state index contributed by atoms with van der Waals surface area (Å²) in [6.07, 6.45) is 0.706. The maximum Gasteiger partial charge on any atom is 0.318 e. The van der Waals surface area contributed by atoms with E-state index in [0.29, 0.717) is 28.4 Å². The molecule has 29 heavy (non-hydrogen) atoms. The van der Waals surface area contributed by atoms with Crippen molar-refractivity contribution in [2.75, 3.05) is 17.7 Å². The fraction of sp³-hybridized carbons (Fsp3) is 0.286. The summed E-state index contributed by atoms with van der Waals surface area (Å²) in [6.45, 7) is 3.85. The van der Waals surface area contributed by atoms with Gasteiger partial charge in [0.25, 0.3) is 5.91 Å². The number of hydrogen-bond donors (Lipinski definition) is 4. The second kappa shape index (κ2) is 10.5. The highest BCUT2D eigenvalue weighted by atomic mass is 35.5. The van der Waals surface area contributed by atoms with Gasteiger partial charge in [0.05, 0.1) is 0 Å². The van der Waals surface area contributed by atoms with Gasteiger partial charge in [-0.15, -0.1) is 0 Å². The molecule has 8 heteroatoms. The lowest BCUT2D eigenvalue weighted by Gasteiger charge is -2.23. The summed E-state index contributed by atoms with van der Waals surface area (Å²) in [5.74, 6) is -0.769. The standard InChI is InChI=1S/C21H25ClN4O3/c1-4-13(2)18(26-19(27)14-8-10-15(22)11-9-14)20(28)24-16-6-5-7-17(12-16)25-21(29)23-3/h5-13,18H,4H2,1-3H3,(H,24,28)(H,26,27)(H2,23,25,29). The van der Waals surface area contributed by atoms with Crippen molar-refractivity contribution in [2.24, 2.45) is 5.92 Å². The van der Waals surface area contributed by atoms with Crippen molar-refractivity contribution in [2.45, 2.75) is 26.3 Å². The lowest BCUT2D eigenvalue weighted by atomic mass is 9.97. The Labute approximate surface area is 175 Å². The number of amides is 4. The summed E-state index contributed by atoms with van der Waals surface area (Å²) >= 11 is 5.86. The summed E-state index contributed by atoms with van der Waals surface area (Å²) in [5, 5.41) is 11.3. The van der Waals surface area contributed by atoms with Gasteiger partial charge >= 0.3 is 6.03 Å². The molecule has 0 heterocycles. The molecule has 0 saturated heterocycles. The molecule has 0 fully saturated rings. The first kappa shape index (κ1) is 22.2. The van der Waals surface area contributed by atoms with E-state index in [9.17, 15) is 14.4 Å². The fourth-order valence-corrected chi connectivity index (χ4v) is 2.74. The van der Waals surface area contributed by atoms with Crippen molar-refractivity contribution in [3.63, 3.8) is 0 Å². The second-order valence-electron chi connectivity index (χ2n) is 6.62. The zero-order valence-electron chi connectivity index (χ0n) is 16.6. The van der Waals surface area contributed by atoms with E-state index < -0.39 is 6.04 Å². The molecule has 4 N–H and O–H groups in total. The number of carbonyl (C=O) groups is 3. The van der Waals surface area contributed by atoms with E-state index in [1.807, 2.05) is 13.8 Å². The normalized spacial score (nSPS) is 12.4. The molecular formula is C21H25ClN4O3. The molecule has 2 atom stereocenters. The van der Waals surface area contributed by atoms with Crippen LogP contribution in [0.4, 0.5) is 16.2 Å². The van der Waals surface area contributed by atoms with E-state index in [-0.39, 0.29) is 23.8 Å². The summed E-state index contributed by atoms with van der Waals surface area (Å²) in [4.78, 5) is 36.9. The van der Waals surface area contributed by atoms with Crippen LogP contribution in [0.25, 0.3) is 0 Å². The van der Waals surface area contributed by atoms with Crippen LogP contribution in [-0.2, 0) is 4.79 Å². The predicted molar refractivity (Wildman–Crippen MR) is 115 cm³/mol. The van der Waals surface area contributed by atoms with E-state index in [2.05, 4.69) is 21.3 Å². The third-order valence-corrected chi connectivity index (χ3v) is 4.76. The number of anilines is 2. The molecule has 0 aliphatic rings. The smallest absolute Gasteiger partial charge is 0.318 e. The quantitative estimate of drug-likeness (QED) is 0.551. The van der Waals surface area contributed by atoms with E-state index in [1.165, 1.54) is 7.05 Å². The summed E-state index contributed by atoms with van der Waals surface area (Å²) < 4.78 is 0. The molecule has 0 aromatic heterocycles. The molecule has 4 amide bonds. The van der Waals surface area contributed by atoms with Crippen molar-refractivity contribution < 1.29 is 14.4 Å². The Bertz CT molecular complexity index is 870. The third kappa shape index (κ3) is 6.50. The highest BCUT2D eigenvalue weighted by Gasteiger charge is 2.26. The number of benzene rings is 2. The Hall–Kier alpha value is -3.06. The molecule has 0 spiro atoms. The first-order chi connectivity index (χ1) is 13.8. The monoisotopic (exact) mass is 416 g/mol. The van der Waals surface area contributed by atoms with Crippen LogP contribution in [0.1, 0.15) is 30.6 Å². The Balaban J connectivity index is 2.12. The number of carbonyl (C=O) groups excluding carboxylic acids is 3. The number of urea groups is 1. The number of hydrogen-bond acceptors (Lipinski definition) is 3. The van der Waals surface area contributed by atoms with Gasteiger partial charge in [0.1, 0.15) is 6.04 Å². The largest absolute Gasteiger partial charge is 0.341 e. The Morgan fingerprint density at radius 1 is 1.00 bits per heavy atom. The van der Waals surface area contributed by atoms with E-state index >= 15 is 0 Å². The zero-order valence-corrected chi connectivity index (χ0v) is 17.3. The summed E-state index contributed by atoms with van der Waals surface area (Å²) in [7, 11) is 1.51. The van der Waals surface area contributed by atoms with Crippen LogP contribution in [0, 0.1) is 5.92 Å². The van der Waals surface area contributed by atoms with Gasteiger partial charge < -0.3 is 21.3 Å². The SMILES string of the molecule is CCC(C)C(NC(=O)c1ccc(Cl)cc1)C(=O)Nc1cccc(NC(=O)NC)c1. The van der Waals surface area contributed by atoms with Crippen molar-refractivity contribution in [3.05, 3.63) is 59.1 Å². The molecule has 2 rings (SSSR count). The molecule has 7 nitrogen and oxygen atoms in total. The van der Waals surface area contributed by atoms with Gasteiger partial charge in [-0.1, -0.05) is 37.9 Å². The predicted octanol–water partition coefficient (Wildman–Crippen LogP) is 3.87. The molecule has 0 saturated carbocycles. The van der Waals surface area contributed by atoms with E-state index in [1.54, 1.807) is 48.5 Å². The maximum atomic E-state index is 12.9. The van der Waals surface area contributed by atoms with Crippen LogP contribution >= 0.6 is 11.6 Å². The Kier molecular flexibility index (Phi) is 8.03. The minimum Gasteiger partial charge on any atom is -0.341 e. The summed E-state index contributed by atoms with van der Waals surface area (Å²) in [6, 6.07) is 12.2. The molecule has 2 aromatic rings. The van der Waals surface area contributed by atoms with Crippen LogP contribution in [-0.4, -0.2) is 30.9 Å². The van der Waals surface area contributed by atoms with Crippen LogP contribution in [0.15, 0.2) is 48.5 Å². The van der Waals surface area contributed by atoms with E-state index in [0.717, 1.165) is 0 Å². The van der Waals surface area contributed by atoms with Gasteiger partial charge in [0.15, 0.2) is 0 Å². The average Bonchev–Trinajstić information content (AvgIpc) is 2.71. The highest BCUT2D eigenvalue weighted by molar-refractivity contribution is 6.30. The molecular weight excluding hydrogens is 392 g/mol. The first-order valence-corrected chi connectivity index (χ1v) is 9.68. The highest BCUT2D eigenvalue weighted by Crippen LogP contribution is 2.18. The number of nitrogens with one attached hydrogen (secondary N) is 4. The number of halogens is 1. The molecule has 0 radical (unpaired) electrons. The van der Waals surface area contributed by atoms with Gasteiger partial charge in [-0.2, -0.15) is 0 Å². The van der Waals surface area contributed by atoms with Crippen LogP contribution in [0.5, 0.6) is 0 Å². The third-order valence-electron chi connectivity index (χ3n) is 4.50. The lowest BCUT2D eigenvalue weighted by Crippen LogP contribution is -2.47.